The molecular formula is C11H13N3O5S. The highest BCUT2D eigenvalue weighted by Gasteiger charge is 2.31. The van der Waals surface area contributed by atoms with Gasteiger partial charge in [-0.1, -0.05) is 0 Å². The summed E-state index contributed by atoms with van der Waals surface area (Å²) in [4.78, 5) is 11.5. The minimum Gasteiger partial charge on any atom is -0.465 e. The molecule has 0 radical (unpaired) electrons. The van der Waals surface area contributed by atoms with Gasteiger partial charge in [0, 0.05) is 6.20 Å². The van der Waals surface area contributed by atoms with Crippen molar-refractivity contribution in [2.45, 2.75) is 18.7 Å². The third-order valence-corrected chi connectivity index (χ3v) is 4.15. The summed E-state index contributed by atoms with van der Waals surface area (Å²) >= 11 is 0. The Morgan fingerprint density at radius 3 is 2.65 bits per heavy atom. The first-order chi connectivity index (χ1) is 9.36. The topological polar surface area (TPSA) is 114 Å². The smallest absolute Gasteiger partial charge is 0.342 e. The van der Waals surface area contributed by atoms with E-state index >= 15 is 0 Å². The maximum atomic E-state index is 12.4. The first-order valence-electron chi connectivity index (χ1n) is 5.56. The van der Waals surface area contributed by atoms with Gasteiger partial charge in [0.25, 0.3) is 10.0 Å². The molecule has 2 N–H and O–H groups in total. The van der Waals surface area contributed by atoms with Crippen LogP contribution in [-0.4, -0.2) is 31.7 Å². The molecule has 0 unspecified atom stereocenters. The summed E-state index contributed by atoms with van der Waals surface area (Å²) in [6, 6.07) is 0. The molecule has 0 saturated carbocycles. The number of hydrogen-bond acceptors (Lipinski definition) is 6. The normalized spacial score (nSPS) is 11.3. The van der Waals surface area contributed by atoms with Gasteiger partial charge in [-0.3, -0.25) is 9.82 Å². The van der Waals surface area contributed by atoms with Crippen molar-refractivity contribution in [2.75, 3.05) is 11.8 Å². The van der Waals surface area contributed by atoms with Gasteiger partial charge in [-0.05, 0) is 13.8 Å². The molecule has 9 heteroatoms. The van der Waals surface area contributed by atoms with Crippen LogP contribution in [0, 0.1) is 13.8 Å². The molecule has 108 valence electrons. The molecule has 2 heterocycles. The molecular weight excluding hydrogens is 286 g/mol. The van der Waals surface area contributed by atoms with E-state index in [1.165, 1.54) is 33.4 Å². The summed E-state index contributed by atoms with van der Waals surface area (Å²) in [6.07, 6.45) is 2.68. The number of furan rings is 1. The van der Waals surface area contributed by atoms with Gasteiger partial charge in [-0.15, -0.1) is 0 Å². The predicted octanol–water partition coefficient (Wildman–Crippen LogP) is 1.21. The lowest BCUT2D eigenvalue weighted by atomic mass is 10.2. The number of aromatic amines is 1. The summed E-state index contributed by atoms with van der Waals surface area (Å²) in [7, 11) is -2.81. The number of ether oxygens (including phenoxy) is 1. The van der Waals surface area contributed by atoms with Crippen molar-refractivity contribution in [3.63, 3.8) is 0 Å². The lowest BCUT2D eigenvalue weighted by Gasteiger charge is -2.06. The van der Waals surface area contributed by atoms with Gasteiger partial charge in [0.1, 0.15) is 22.0 Å². The number of sulfonamides is 1. The second-order valence-electron chi connectivity index (χ2n) is 4.00. The van der Waals surface area contributed by atoms with Gasteiger partial charge in [0.05, 0.1) is 19.0 Å². The van der Waals surface area contributed by atoms with Crippen molar-refractivity contribution in [3.8, 4) is 0 Å². The Kier molecular flexibility index (Phi) is 3.53. The van der Waals surface area contributed by atoms with Crippen molar-refractivity contribution in [1.82, 2.24) is 10.2 Å². The Morgan fingerprint density at radius 1 is 1.40 bits per heavy atom. The lowest BCUT2D eigenvalue weighted by molar-refractivity contribution is 0.0595. The number of rotatable bonds is 4. The largest absolute Gasteiger partial charge is 0.465 e. The molecule has 0 aromatic carbocycles. The third-order valence-electron chi connectivity index (χ3n) is 2.61. The van der Waals surface area contributed by atoms with E-state index in [2.05, 4.69) is 19.7 Å². The second kappa shape index (κ2) is 5.00. The molecule has 0 amide bonds. The van der Waals surface area contributed by atoms with Gasteiger partial charge in [-0.2, -0.15) is 5.10 Å². The average molecular weight is 299 g/mol. The van der Waals surface area contributed by atoms with Crippen LogP contribution in [0.2, 0.25) is 0 Å². The third kappa shape index (κ3) is 2.39. The van der Waals surface area contributed by atoms with Gasteiger partial charge < -0.3 is 9.15 Å². The standard InChI is InChI=1S/C11H13N3O5S/c1-6-9(11(15)18-3)10(7(2)19-6)20(16,17)14-8-4-12-13-5-8/h4-5,14H,1-3H3,(H,12,13). The van der Waals surface area contributed by atoms with E-state index in [1.54, 1.807) is 0 Å². The monoisotopic (exact) mass is 299 g/mol. The van der Waals surface area contributed by atoms with Crippen LogP contribution in [0.4, 0.5) is 5.69 Å². The predicted molar refractivity (Wildman–Crippen MR) is 68.9 cm³/mol. The van der Waals surface area contributed by atoms with Crippen molar-refractivity contribution in [2.24, 2.45) is 0 Å². The van der Waals surface area contributed by atoms with Crippen LogP contribution in [0.1, 0.15) is 21.9 Å². The fraction of sp³-hybridized carbons (Fsp3) is 0.273. The average Bonchev–Trinajstić information content (AvgIpc) is 2.95. The summed E-state index contributed by atoms with van der Waals surface area (Å²) < 4.78 is 36.8. The van der Waals surface area contributed by atoms with Crippen LogP contribution in [-0.2, 0) is 14.8 Å². The number of esters is 1. The van der Waals surface area contributed by atoms with Crippen molar-refractivity contribution >= 4 is 21.7 Å². The van der Waals surface area contributed by atoms with Crippen molar-refractivity contribution in [1.29, 1.82) is 0 Å². The Bertz CT molecular complexity index is 730. The minimum absolute atomic E-state index is 0.110. The molecule has 0 aliphatic rings. The van der Waals surface area contributed by atoms with Crippen molar-refractivity contribution < 1.29 is 22.4 Å². The highest BCUT2D eigenvalue weighted by molar-refractivity contribution is 7.92. The van der Waals surface area contributed by atoms with E-state index in [0.717, 1.165) is 0 Å². The Hall–Kier alpha value is -2.29. The number of methoxy groups -OCH3 is 1. The number of carbonyl (C=O) groups excluding carboxylic acids is 1. The minimum atomic E-state index is -3.98. The van der Waals surface area contributed by atoms with E-state index in [-0.39, 0.29) is 27.7 Å². The highest BCUT2D eigenvalue weighted by Crippen LogP contribution is 2.28. The van der Waals surface area contributed by atoms with Crippen LogP contribution in [0.5, 0.6) is 0 Å². The number of carbonyl (C=O) groups is 1. The molecule has 2 rings (SSSR count). The van der Waals surface area contributed by atoms with E-state index in [4.69, 9.17) is 4.42 Å². The summed E-state index contributed by atoms with van der Waals surface area (Å²) in [6.45, 7) is 2.96. The highest BCUT2D eigenvalue weighted by atomic mass is 32.2. The van der Waals surface area contributed by atoms with Gasteiger partial charge >= 0.3 is 5.97 Å². The molecule has 0 aliphatic carbocycles. The molecule has 0 aliphatic heterocycles. The zero-order chi connectivity index (χ0) is 14.9. The lowest BCUT2D eigenvalue weighted by Crippen LogP contribution is -2.17. The molecule has 0 atom stereocenters. The van der Waals surface area contributed by atoms with E-state index in [9.17, 15) is 13.2 Å². The van der Waals surface area contributed by atoms with Gasteiger partial charge in [0.15, 0.2) is 0 Å². The number of nitrogens with one attached hydrogen (secondary N) is 2. The number of nitrogens with zero attached hydrogens (tertiary/aromatic N) is 1. The summed E-state index contributed by atoms with van der Waals surface area (Å²) in [5.41, 5.74) is 0.139. The van der Waals surface area contributed by atoms with Crippen LogP contribution in [0.3, 0.4) is 0 Å². The Morgan fingerprint density at radius 2 is 2.10 bits per heavy atom. The number of anilines is 1. The molecule has 0 bridgehead atoms. The first kappa shape index (κ1) is 14.1. The van der Waals surface area contributed by atoms with E-state index in [1.807, 2.05) is 0 Å². The fourth-order valence-corrected chi connectivity index (χ4v) is 3.28. The molecule has 2 aromatic rings. The maximum absolute atomic E-state index is 12.4. The maximum Gasteiger partial charge on any atom is 0.342 e. The van der Waals surface area contributed by atoms with Crippen molar-refractivity contribution in [3.05, 3.63) is 29.5 Å². The van der Waals surface area contributed by atoms with Crippen LogP contribution in [0.25, 0.3) is 0 Å². The number of aromatic nitrogens is 2. The van der Waals surface area contributed by atoms with E-state index < -0.39 is 16.0 Å². The number of hydrogen-bond donors (Lipinski definition) is 2. The first-order valence-corrected chi connectivity index (χ1v) is 7.05. The number of aryl methyl sites for hydroxylation is 2. The van der Waals surface area contributed by atoms with E-state index in [0.29, 0.717) is 0 Å². The summed E-state index contributed by atoms with van der Waals surface area (Å²) in [5.74, 6) is -0.479. The Balaban J connectivity index is 2.54. The summed E-state index contributed by atoms with van der Waals surface area (Å²) in [5, 5.41) is 6.11. The zero-order valence-electron chi connectivity index (χ0n) is 11.1. The van der Waals surface area contributed by atoms with Gasteiger partial charge in [0.2, 0.25) is 0 Å². The van der Waals surface area contributed by atoms with Crippen LogP contribution < -0.4 is 4.72 Å². The van der Waals surface area contributed by atoms with Gasteiger partial charge in [-0.25, -0.2) is 13.2 Å². The molecule has 20 heavy (non-hydrogen) atoms. The fourth-order valence-electron chi connectivity index (χ4n) is 1.84. The zero-order valence-corrected chi connectivity index (χ0v) is 11.9. The quantitative estimate of drug-likeness (QED) is 0.820. The molecule has 0 spiro atoms. The molecule has 0 fully saturated rings. The SMILES string of the molecule is COC(=O)c1c(C)oc(C)c1S(=O)(=O)Nc1cn[nH]c1. The second-order valence-corrected chi connectivity index (χ2v) is 5.62. The van der Waals surface area contributed by atoms with Crippen LogP contribution >= 0.6 is 0 Å². The Labute approximate surface area is 115 Å². The molecule has 2 aromatic heterocycles. The molecule has 8 nitrogen and oxygen atoms in total. The molecule has 0 saturated heterocycles. The van der Waals surface area contributed by atoms with Crippen LogP contribution in [0.15, 0.2) is 21.7 Å². The number of H-pyrrole nitrogens is 1.